The standard InChI is InChI=1S/C17H26N2O3/c1-5-17(21-12-14-6-9-18-10-7-14)8-11-19(13-17)15(20)22-16(2,3)4/h6-7,9-10H,5,8,11-13H2,1-4H3. The van der Waals surface area contributed by atoms with Gasteiger partial charge in [0.2, 0.25) is 0 Å². The minimum atomic E-state index is -0.466. The lowest BCUT2D eigenvalue weighted by atomic mass is 10.00. The Morgan fingerprint density at radius 1 is 1.36 bits per heavy atom. The molecule has 1 fully saturated rings. The van der Waals surface area contributed by atoms with Gasteiger partial charge in [-0.05, 0) is 51.3 Å². The molecule has 1 unspecified atom stereocenters. The molecule has 2 heterocycles. The van der Waals surface area contributed by atoms with E-state index in [9.17, 15) is 4.79 Å². The van der Waals surface area contributed by atoms with Crippen LogP contribution in [0.5, 0.6) is 0 Å². The number of amides is 1. The number of pyridine rings is 1. The normalized spacial score (nSPS) is 21.9. The predicted octanol–water partition coefficient (Wildman–Crippen LogP) is 3.39. The van der Waals surface area contributed by atoms with Crippen LogP contribution in [0.2, 0.25) is 0 Å². The number of carbonyl (C=O) groups excluding carboxylic acids is 1. The van der Waals surface area contributed by atoms with Gasteiger partial charge in [-0.3, -0.25) is 4.98 Å². The first-order valence-corrected chi connectivity index (χ1v) is 7.84. The van der Waals surface area contributed by atoms with E-state index in [2.05, 4.69) is 11.9 Å². The van der Waals surface area contributed by atoms with Gasteiger partial charge in [0.15, 0.2) is 0 Å². The first-order valence-electron chi connectivity index (χ1n) is 7.84. The molecule has 1 aliphatic heterocycles. The average Bonchev–Trinajstić information content (AvgIpc) is 2.90. The molecule has 2 rings (SSSR count). The third-order valence-electron chi connectivity index (χ3n) is 3.91. The van der Waals surface area contributed by atoms with Crippen molar-refractivity contribution in [3.63, 3.8) is 0 Å². The van der Waals surface area contributed by atoms with Gasteiger partial charge in [-0.2, -0.15) is 0 Å². The summed E-state index contributed by atoms with van der Waals surface area (Å²) in [5.74, 6) is 0. The van der Waals surface area contributed by atoms with Crippen LogP contribution in [0, 0.1) is 0 Å². The van der Waals surface area contributed by atoms with E-state index in [1.165, 1.54) is 0 Å². The maximum atomic E-state index is 12.2. The Balaban J connectivity index is 1.93. The van der Waals surface area contributed by atoms with E-state index in [4.69, 9.17) is 9.47 Å². The first-order chi connectivity index (χ1) is 10.3. The van der Waals surface area contributed by atoms with Gasteiger partial charge in [-0.1, -0.05) is 6.92 Å². The highest BCUT2D eigenvalue weighted by molar-refractivity contribution is 5.68. The highest BCUT2D eigenvalue weighted by Gasteiger charge is 2.40. The van der Waals surface area contributed by atoms with Crippen molar-refractivity contribution in [3.05, 3.63) is 30.1 Å². The minimum Gasteiger partial charge on any atom is -0.444 e. The maximum Gasteiger partial charge on any atom is 0.410 e. The van der Waals surface area contributed by atoms with Crippen molar-refractivity contribution in [1.82, 2.24) is 9.88 Å². The molecule has 122 valence electrons. The summed E-state index contributed by atoms with van der Waals surface area (Å²) in [7, 11) is 0. The number of rotatable bonds is 4. The van der Waals surface area contributed by atoms with Crippen LogP contribution < -0.4 is 0 Å². The van der Waals surface area contributed by atoms with Gasteiger partial charge in [0, 0.05) is 18.9 Å². The highest BCUT2D eigenvalue weighted by atomic mass is 16.6. The number of hydrogen-bond donors (Lipinski definition) is 0. The summed E-state index contributed by atoms with van der Waals surface area (Å²) in [6, 6.07) is 3.90. The second-order valence-electron chi connectivity index (χ2n) is 6.83. The quantitative estimate of drug-likeness (QED) is 0.855. The summed E-state index contributed by atoms with van der Waals surface area (Å²) in [4.78, 5) is 17.9. The van der Waals surface area contributed by atoms with Crippen LogP contribution in [0.4, 0.5) is 4.79 Å². The fourth-order valence-corrected chi connectivity index (χ4v) is 2.55. The van der Waals surface area contributed by atoms with Gasteiger partial charge in [-0.25, -0.2) is 4.79 Å². The van der Waals surface area contributed by atoms with Crippen molar-refractivity contribution in [3.8, 4) is 0 Å². The second-order valence-corrected chi connectivity index (χ2v) is 6.83. The van der Waals surface area contributed by atoms with E-state index < -0.39 is 5.60 Å². The van der Waals surface area contributed by atoms with E-state index in [0.717, 1.165) is 18.4 Å². The number of ether oxygens (including phenoxy) is 2. The Hall–Kier alpha value is -1.62. The zero-order chi connectivity index (χ0) is 16.2. The average molecular weight is 306 g/mol. The van der Waals surface area contributed by atoms with Crippen molar-refractivity contribution in [2.75, 3.05) is 13.1 Å². The van der Waals surface area contributed by atoms with Gasteiger partial charge >= 0.3 is 6.09 Å². The Labute approximate surface area is 132 Å². The smallest absolute Gasteiger partial charge is 0.410 e. The number of hydrogen-bond acceptors (Lipinski definition) is 4. The number of likely N-dealkylation sites (tertiary alicyclic amines) is 1. The number of nitrogens with zero attached hydrogens (tertiary/aromatic N) is 2. The molecule has 0 aliphatic carbocycles. The Morgan fingerprint density at radius 3 is 2.64 bits per heavy atom. The summed E-state index contributed by atoms with van der Waals surface area (Å²) < 4.78 is 11.6. The van der Waals surface area contributed by atoms with Crippen LogP contribution >= 0.6 is 0 Å². The molecule has 1 saturated heterocycles. The lowest BCUT2D eigenvalue weighted by Crippen LogP contribution is -2.40. The zero-order valence-electron chi connectivity index (χ0n) is 14.0. The molecule has 1 aliphatic rings. The maximum absolute atomic E-state index is 12.2. The number of carbonyl (C=O) groups is 1. The summed E-state index contributed by atoms with van der Waals surface area (Å²) in [5, 5.41) is 0. The largest absolute Gasteiger partial charge is 0.444 e. The number of aromatic nitrogens is 1. The predicted molar refractivity (Wildman–Crippen MR) is 84.5 cm³/mol. The van der Waals surface area contributed by atoms with Crippen molar-refractivity contribution < 1.29 is 14.3 Å². The molecule has 0 spiro atoms. The molecule has 0 radical (unpaired) electrons. The lowest BCUT2D eigenvalue weighted by molar-refractivity contribution is -0.0528. The van der Waals surface area contributed by atoms with Gasteiger partial charge in [-0.15, -0.1) is 0 Å². The SMILES string of the molecule is CCC1(OCc2ccncc2)CCN(C(=O)OC(C)(C)C)C1. The third-order valence-corrected chi connectivity index (χ3v) is 3.91. The molecule has 0 N–H and O–H groups in total. The molecule has 1 aromatic rings. The van der Waals surface area contributed by atoms with E-state index >= 15 is 0 Å². The topological polar surface area (TPSA) is 51.7 Å². The van der Waals surface area contributed by atoms with Crippen LogP contribution in [0.3, 0.4) is 0 Å². The Kier molecular flexibility index (Phi) is 5.06. The summed E-state index contributed by atoms with van der Waals surface area (Å²) >= 11 is 0. The molecule has 5 nitrogen and oxygen atoms in total. The van der Waals surface area contributed by atoms with E-state index in [1.54, 1.807) is 17.3 Å². The van der Waals surface area contributed by atoms with E-state index in [0.29, 0.717) is 19.7 Å². The molecule has 1 amide bonds. The van der Waals surface area contributed by atoms with Gasteiger partial charge in [0.1, 0.15) is 5.60 Å². The molecular weight excluding hydrogens is 280 g/mol. The monoisotopic (exact) mass is 306 g/mol. The Morgan fingerprint density at radius 2 is 2.05 bits per heavy atom. The van der Waals surface area contributed by atoms with Gasteiger partial charge < -0.3 is 14.4 Å². The van der Waals surface area contributed by atoms with Crippen LogP contribution in [-0.2, 0) is 16.1 Å². The van der Waals surface area contributed by atoms with E-state index in [1.807, 2.05) is 32.9 Å². The fourth-order valence-electron chi connectivity index (χ4n) is 2.55. The van der Waals surface area contributed by atoms with Crippen molar-refractivity contribution in [1.29, 1.82) is 0 Å². The molecule has 0 saturated carbocycles. The van der Waals surface area contributed by atoms with Gasteiger partial charge in [0.25, 0.3) is 0 Å². The molecule has 5 heteroatoms. The van der Waals surface area contributed by atoms with Crippen molar-refractivity contribution >= 4 is 6.09 Å². The van der Waals surface area contributed by atoms with Crippen LogP contribution in [0.1, 0.15) is 46.1 Å². The zero-order valence-corrected chi connectivity index (χ0v) is 14.0. The highest BCUT2D eigenvalue weighted by Crippen LogP contribution is 2.30. The summed E-state index contributed by atoms with van der Waals surface area (Å²) in [6.07, 6.45) is 4.98. The van der Waals surface area contributed by atoms with E-state index in [-0.39, 0.29) is 11.7 Å². The molecule has 0 bridgehead atoms. The third kappa shape index (κ3) is 4.44. The second kappa shape index (κ2) is 6.65. The van der Waals surface area contributed by atoms with Crippen molar-refractivity contribution in [2.45, 2.75) is 58.3 Å². The van der Waals surface area contributed by atoms with Crippen LogP contribution in [-0.4, -0.2) is 40.3 Å². The first kappa shape index (κ1) is 16.7. The molecule has 22 heavy (non-hydrogen) atoms. The van der Waals surface area contributed by atoms with Gasteiger partial charge in [0.05, 0.1) is 18.8 Å². The molecule has 0 aromatic carbocycles. The minimum absolute atomic E-state index is 0.254. The summed E-state index contributed by atoms with van der Waals surface area (Å²) in [6.45, 7) is 9.56. The molecule has 1 atom stereocenters. The molecular formula is C17H26N2O3. The lowest BCUT2D eigenvalue weighted by Gasteiger charge is -2.29. The summed E-state index contributed by atoms with van der Waals surface area (Å²) in [5.41, 5.74) is 0.352. The Bertz CT molecular complexity index is 498. The van der Waals surface area contributed by atoms with Crippen LogP contribution in [0.15, 0.2) is 24.5 Å². The fraction of sp³-hybridized carbons (Fsp3) is 0.647. The van der Waals surface area contributed by atoms with Crippen molar-refractivity contribution in [2.24, 2.45) is 0 Å². The van der Waals surface area contributed by atoms with Crippen LogP contribution in [0.25, 0.3) is 0 Å². The molecule has 1 aromatic heterocycles.